The van der Waals surface area contributed by atoms with Crippen molar-refractivity contribution in [3.63, 3.8) is 0 Å². The highest BCUT2D eigenvalue weighted by molar-refractivity contribution is 7.99. The zero-order valence-electron chi connectivity index (χ0n) is 12.5. The van der Waals surface area contributed by atoms with Crippen molar-refractivity contribution in [2.75, 3.05) is 31.1 Å². The van der Waals surface area contributed by atoms with Crippen LogP contribution in [-0.2, 0) is 6.54 Å². The maximum Gasteiger partial charge on any atom is 0.251 e. The third-order valence-corrected chi connectivity index (χ3v) is 5.44. The summed E-state index contributed by atoms with van der Waals surface area (Å²) in [5.41, 5.74) is 2.09. The van der Waals surface area contributed by atoms with Crippen LogP contribution in [0.25, 0.3) is 0 Å². The van der Waals surface area contributed by atoms with Gasteiger partial charge < -0.3 is 5.32 Å². The molecule has 1 aromatic rings. The number of amides is 1. The number of nitrogens with one attached hydrogen (secondary N) is 1. The van der Waals surface area contributed by atoms with Gasteiger partial charge in [0.1, 0.15) is 0 Å². The monoisotopic (exact) mass is 304 g/mol. The van der Waals surface area contributed by atoms with Crippen molar-refractivity contribution >= 4 is 17.7 Å². The fraction of sp³-hybridized carbons (Fsp3) is 0.588. The molecule has 3 rings (SSSR count). The summed E-state index contributed by atoms with van der Waals surface area (Å²) >= 11 is 2.04. The molecular weight excluding hydrogens is 280 g/mol. The van der Waals surface area contributed by atoms with Crippen LogP contribution < -0.4 is 5.32 Å². The Morgan fingerprint density at radius 3 is 2.52 bits per heavy atom. The van der Waals surface area contributed by atoms with Crippen LogP contribution in [0.4, 0.5) is 0 Å². The number of carbonyl (C=O) groups is 1. The van der Waals surface area contributed by atoms with E-state index in [0.29, 0.717) is 5.92 Å². The molecule has 1 aromatic carbocycles. The topological polar surface area (TPSA) is 32.3 Å². The Kier molecular flexibility index (Phi) is 5.20. The van der Waals surface area contributed by atoms with E-state index in [-0.39, 0.29) is 5.91 Å². The van der Waals surface area contributed by atoms with E-state index in [1.165, 1.54) is 49.4 Å². The number of benzene rings is 1. The minimum Gasteiger partial charge on any atom is -0.352 e. The number of hydrogen-bond acceptors (Lipinski definition) is 3. The second kappa shape index (κ2) is 7.32. The summed E-state index contributed by atoms with van der Waals surface area (Å²) in [7, 11) is 0. The van der Waals surface area contributed by atoms with Gasteiger partial charge in [-0.3, -0.25) is 9.69 Å². The van der Waals surface area contributed by atoms with Crippen molar-refractivity contribution in [2.24, 2.45) is 5.92 Å². The highest BCUT2D eigenvalue weighted by Gasteiger charge is 2.18. The molecule has 2 fully saturated rings. The first kappa shape index (κ1) is 14.9. The Labute approximate surface area is 131 Å². The molecule has 1 saturated carbocycles. The number of thioether (sulfide) groups is 1. The first-order chi connectivity index (χ1) is 10.3. The minimum absolute atomic E-state index is 0.0721. The van der Waals surface area contributed by atoms with Crippen molar-refractivity contribution in [2.45, 2.75) is 25.8 Å². The predicted molar refractivity (Wildman–Crippen MR) is 88.7 cm³/mol. The maximum absolute atomic E-state index is 12.1. The van der Waals surface area contributed by atoms with E-state index < -0.39 is 0 Å². The Balaban J connectivity index is 1.49. The van der Waals surface area contributed by atoms with Crippen molar-refractivity contribution in [1.82, 2.24) is 10.2 Å². The van der Waals surface area contributed by atoms with Gasteiger partial charge in [-0.15, -0.1) is 0 Å². The van der Waals surface area contributed by atoms with Gasteiger partial charge in [-0.1, -0.05) is 18.6 Å². The van der Waals surface area contributed by atoms with Gasteiger partial charge in [0.25, 0.3) is 5.91 Å². The summed E-state index contributed by atoms with van der Waals surface area (Å²) in [6.07, 6.45) is 3.87. The van der Waals surface area contributed by atoms with Crippen LogP contribution in [0.15, 0.2) is 24.3 Å². The molecule has 1 N–H and O–H groups in total. The van der Waals surface area contributed by atoms with Crippen LogP contribution in [0.1, 0.15) is 35.2 Å². The Morgan fingerprint density at radius 2 is 1.90 bits per heavy atom. The van der Waals surface area contributed by atoms with Gasteiger partial charge in [0.2, 0.25) is 0 Å². The summed E-state index contributed by atoms with van der Waals surface area (Å²) < 4.78 is 0. The number of carbonyl (C=O) groups excluding carboxylic acids is 1. The molecule has 21 heavy (non-hydrogen) atoms. The molecule has 0 bridgehead atoms. The third kappa shape index (κ3) is 4.24. The fourth-order valence-corrected chi connectivity index (χ4v) is 3.79. The van der Waals surface area contributed by atoms with Crippen molar-refractivity contribution in [3.8, 4) is 0 Å². The highest BCUT2D eigenvalue weighted by Crippen LogP contribution is 2.25. The van der Waals surface area contributed by atoms with Crippen LogP contribution in [-0.4, -0.2) is 41.9 Å². The molecule has 4 heteroatoms. The summed E-state index contributed by atoms with van der Waals surface area (Å²) in [5, 5.41) is 3.05. The molecule has 1 saturated heterocycles. The fourth-order valence-electron chi connectivity index (χ4n) is 2.82. The number of hydrogen-bond donors (Lipinski definition) is 1. The molecular formula is C17H24N2OS. The smallest absolute Gasteiger partial charge is 0.251 e. The van der Waals surface area contributed by atoms with Crippen molar-refractivity contribution in [3.05, 3.63) is 35.4 Å². The molecule has 1 aliphatic carbocycles. The number of nitrogens with zero attached hydrogens (tertiary/aromatic N) is 1. The average Bonchev–Trinajstić information content (AvgIpc) is 2.47. The molecule has 0 radical (unpaired) electrons. The van der Waals surface area contributed by atoms with Gasteiger partial charge in [-0.05, 0) is 36.5 Å². The summed E-state index contributed by atoms with van der Waals surface area (Å²) in [6.45, 7) is 4.19. The summed E-state index contributed by atoms with van der Waals surface area (Å²) in [5.74, 6) is 3.26. The van der Waals surface area contributed by atoms with Gasteiger partial charge in [-0.2, -0.15) is 11.8 Å². The van der Waals surface area contributed by atoms with Crippen LogP contribution in [0.3, 0.4) is 0 Å². The molecule has 1 heterocycles. The van der Waals surface area contributed by atoms with Crippen LogP contribution in [0, 0.1) is 5.92 Å². The van der Waals surface area contributed by atoms with E-state index in [9.17, 15) is 4.79 Å². The maximum atomic E-state index is 12.1. The first-order valence-corrected chi connectivity index (χ1v) is 9.14. The van der Waals surface area contributed by atoms with Crippen LogP contribution in [0.5, 0.6) is 0 Å². The largest absolute Gasteiger partial charge is 0.352 e. The molecule has 0 aromatic heterocycles. The molecule has 114 valence electrons. The Hall–Kier alpha value is -1.00. The summed E-state index contributed by atoms with van der Waals surface area (Å²) in [4.78, 5) is 14.6. The average molecular weight is 304 g/mol. The normalized spacial score (nSPS) is 20.0. The molecule has 1 amide bonds. The lowest BCUT2D eigenvalue weighted by Crippen LogP contribution is -2.32. The lowest BCUT2D eigenvalue weighted by atomic mass is 9.85. The van der Waals surface area contributed by atoms with Gasteiger partial charge in [-0.25, -0.2) is 0 Å². The standard InChI is InChI=1S/C17H24N2OS/c20-17(18-12-14-2-1-3-14)16-6-4-15(5-7-16)13-19-8-10-21-11-9-19/h4-7,14H,1-3,8-13H2,(H,18,20). The minimum atomic E-state index is 0.0721. The quantitative estimate of drug-likeness (QED) is 0.908. The SMILES string of the molecule is O=C(NCC1CCC1)c1ccc(CN2CCSCC2)cc1. The molecule has 1 aliphatic heterocycles. The Bertz CT molecular complexity index is 464. The highest BCUT2D eigenvalue weighted by atomic mass is 32.2. The molecule has 2 aliphatic rings. The van der Waals surface area contributed by atoms with Crippen molar-refractivity contribution in [1.29, 1.82) is 0 Å². The zero-order chi connectivity index (χ0) is 14.5. The van der Waals surface area contributed by atoms with E-state index in [1.807, 2.05) is 23.9 Å². The van der Waals surface area contributed by atoms with E-state index >= 15 is 0 Å². The van der Waals surface area contributed by atoms with Gasteiger partial charge in [0, 0.05) is 43.2 Å². The van der Waals surface area contributed by atoms with Gasteiger partial charge in [0.15, 0.2) is 0 Å². The zero-order valence-corrected chi connectivity index (χ0v) is 13.3. The second-order valence-corrected chi connectivity index (χ2v) is 7.32. The number of rotatable bonds is 5. The lowest BCUT2D eigenvalue weighted by molar-refractivity contribution is 0.0939. The third-order valence-electron chi connectivity index (χ3n) is 4.50. The molecule has 3 nitrogen and oxygen atoms in total. The predicted octanol–water partition coefficient (Wildman–Crippen LogP) is 2.77. The lowest BCUT2D eigenvalue weighted by Gasteiger charge is -2.26. The van der Waals surface area contributed by atoms with Crippen molar-refractivity contribution < 1.29 is 4.79 Å². The van der Waals surface area contributed by atoms with Crippen LogP contribution >= 0.6 is 11.8 Å². The van der Waals surface area contributed by atoms with E-state index in [0.717, 1.165) is 18.7 Å². The summed E-state index contributed by atoms with van der Waals surface area (Å²) in [6, 6.07) is 8.12. The van der Waals surface area contributed by atoms with Gasteiger partial charge in [0.05, 0.1) is 0 Å². The van der Waals surface area contributed by atoms with E-state index in [1.54, 1.807) is 0 Å². The second-order valence-electron chi connectivity index (χ2n) is 6.09. The molecule has 0 unspecified atom stereocenters. The Morgan fingerprint density at radius 1 is 1.19 bits per heavy atom. The molecule has 0 atom stereocenters. The van der Waals surface area contributed by atoms with Gasteiger partial charge >= 0.3 is 0 Å². The molecule has 0 spiro atoms. The van der Waals surface area contributed by atoms with E-state index in [2.05, 4.69) is 22.3 Å². The first-order valence-electron chi connectivity index (χ1n) is 7.98. The van der Waals surface area contributed by atoms with E-state index in [4.69, 9.17) is 0 Å². The van der Waals surface area contributed by atoms with Crippen LogP contribution in [0.2, 0.25) is 0 Å².